The van der Waals surface area contributed by atoms with Gasteiger partial charge in [-0.3, -0.25) is 0 Å². The van der Waals surface area contributed by atoms with E-state index in [0.29, 0.717) is 24.3 Å². The van der Waals surface area contributed by atoms with Crippen LogP contribution < -0.4 is 5.73 Å². The lowest BCUT2D eigenvalue weighted by Crippen LogP contribution is -2.33. The van der Waals surface area contributed by atoms with Crippen molar-refractivity contribution in [3.05, 3.63) is 36.0 Å². The lowest BCUT2D eigenvalue weighted by molar-refractivity contribution is 0.250. The zero-order chi connectivity index (χ0) is 18.4. The van der Waals surface area contributed by atoms with E-state index in [-0.39, 0.29) is 31.2 Å². The molecular weight excluding hydrogens is 344 g/mol. The summed E-state index contributed by atoms with van der Waals surface area (Å²) in [6, 6.07) is 8.03. The van der Waals surface area contributed by atoms with Gasteiger partial charge in [0, 0.05) is 32.4 Å². The molecule has 25 heavy (non-hydrogen) atoms. The van der Waals surface area contributed by atoms with E-state index < -0.39 is 10.0 Å². The SMILES string of the molecule is Cc1cc(N)n(-c2ccc(S(=O)(=O)N(CCCO)CCCO)cc2)n1. The van der Waals surface area contributed by atoms with E-state index in [0.717, 1.165) is 5.69 Å². The number of aliphatic hydroxyl groups excluding tert-OH is 2. The summed E-state index contributed by atoms with van der Waals surface area (Å²) in [7, 11) is -3.70. The number of aryl methyl sites for hydroxylation is 1. The first kappa shape index (κ1) is 19.4. The number of nitrogens with zero attached hydrogens (tertiary/aromatic N) is 3. The van der Waals surface area contributed by atoms with Crippen molar-refractivity contribution in [2.75, 3.05) is 32.0 Å². The number of aliphatic hydroxyl groups is 2. The molecule has 2 rings (SSSR count). The number of nitrogen functional groups attached to an aromatic ring is 1. The van der Waals surface area contributed by atoms with Gasteiger partial charge in [0.2, 0.25) is 10.0 Å². The van der Waals surface area contributed by atoms with Crippen LogP contribution in [0.15, 0.2) is 35.2 Å². The molecule has 0 aliphatic rings. The standard InChI is InChI=1S/C16H24N4O4S/c1-13-12-16(17)20(18-13)14-4-6-15(7-5-14)25(23,24)19(8-2-10-21)9-3-11-22/h4-7,12,21-22H,2-3,8-11,17H2,1H3. The van der Waals surface area contributed by atoms with Gasteiger partial charge in [0.05, 0.1) is 16.3 Å². The third-order valence-electron chi connectivity index (χ3n) is 3.71. The molecule has 138 valence electrons. The van der Waals surface area contributed by atoms with Gasteiger partial charge in [0.25, 0.3) is 0 Å². The predicted molar refractivity (Wildman–Crippen MR) is 94.9 cm³/mol. The molecule has 2 aromatic rings. The number of anilines is 1. The molecule has 0 bridgehead atoms. The molecule has 0 saturated carbocycles. The van der Waals surface area contributed by atoms with E-state index in [4.69, 9.17) is 15.9 Å². The quantitative estimate of drug-likeness (QED) is 0.593. The van der Waals surface area contributed by atoms with Crippen LogP contribution in [0.4, 0.5) is 5.82 Å². The molecule has 8 nitrogen and oxygen atoms in total. The smallest absolute Gasteiger partial charge is 0.243 e. The Labute approximate surface area is 147 Å². The second kappa shape index (κ2) is 8.43. The molecule has 0 spiro atoms. The summed E-state index contributed by atoms with van der Waals surface area (Å²) in [6.07, 6.45) is 0.678. The maximum atomic E-state index is 12.8. The number of hydrogen-bond donors (Lipinski definition) is 3. The summed E-state index contributed by atoms with van der Waals surface area (Å²) < 4.78 is 28.4. The van der Waals surface area contributed by atoms with Crippen molar-refractivity contribution in [2.24, 2.45) is 0 Å². The highest BCUT2D eigenvalue weighted by Crippen LogP contribution is 2.20. The van der Waals surface area contributed by atoms with Gasteiger partial charge in [0.15, 0.2) is 0 Å². The number of hydrogen-bond acceptors (Lipinski definition) is 6. The van der Waals surface area contributed by atoms with Gasteiger partial charge in [-0.1, -0.05) is 0 Å². The van der Waals surface area contributed by atoms with Crippen molar-refractivity contribution in [2.45, 2.75) is 24.7 Å². The number of benzene rings is 1. The van der Waals surface area contributed by atoms with Gasteiger partial charge >= 0.3 is 0 Å². The van der Waals surface area contributed by atoms with Crippen LogP contribution >= 0.6 is 0 Å². The highest BCUT2D eigenvalue weighted by molar-refractivity contribution is 7.89. The normalized spacial score (nSPS) is 12.0. The van der Waals surface area contributed by atoms with E-state index in [2.05, 4.69) is 5.10 Å². The van der Waals surface area contributed by atoms with Crippen molar-refractivity contribution in [1.29, 1.82) is 0 Å². The molecule has 0 aliphatic carbocycles. The van der Waals surface area contributed by atoms with E-state index in [1.165, 1.54) is 16.4 Å². The summed E-state index contributed by atoms with van der Waals surface area (Å²) >= 11 is 0. The maximum Gasteiger partial charge on any atom is 0.243 e. The molecule has 0 fully saturated rings. The molecular formula is C16H24N4O4S. The molecule has 0 amide bonds. The molecule has 0 radical (unpaired) electrons. The van der Waals surface area contributed by atoms with Crippen LogP contribution in [0.25, 0.3) is 5.69 Å². The average Bonchev–Trinajstić information content (AvgIpc) is 2.93. The first-order chi connectivity index (χ1) is 11.9. The van der Waals surface area contributed by atoms with E-state index >= 15 is 0 Å². The Kier molecular flexibility index (Phi) is 6.54. The van der Waals surface area contributed by atoms with E-state index in [9.17, 15) is 8.42 Å². The summed E-state index contributed by atoms with van der Waals surface area (Å²) in [5.74, 6) is 0.473. The van der Waals surface area contributed by atoms with Crippen LogP contribution in [-0.2, 0) is 10.0 Å². The van der Waals surface area contributed by atoms with Crippen LogP contribution in [0.2, 0.25) is 0 Å². The molecule has 0 unspecified atom stereocenters. The minimum Gasteiger partial charge on any atom is -0.396 e. The topological polar surface area (TPSA) is 122 Å². The lowest BCUT2D eigenvalue weighted by Gasteiger charge is -2.21. The minimum absolute atomic E-state index is 0.0952. The molecule has 0 saturated heterocycles. The van der Waals surface area contributed by atoms with E-state index in [1.807, 2.05) is 6.92 Å². The summed E-state index contributed by atoms with van der Waals surface area (Å²) in [5.41, 5.74) is 7.32. The fourth-order valence-corrected chi connectivity index (χ4v) is 4.00. The Hall–Kier alpha value is -1.94. The van der Waals surface area contributed by atoms with Gasteiger partial charge in [0.1, 0.15) is 5.82 Å². The number of sulfonamides is 1. The van der Waals surface area contributed by atoms with E-state index in [1.54, 1.807) is 22.9 Å². The second-order valence-corrected chi connectivity index (χ2v) is 7.61. The van der Waals surface area contributed by atoms with Gasteiger partial charge in [-0.05, 0) is 44.0 Å². The average molecular weight is 368 g/mol. The maximum absolute atomic E-state index is 12.8. The van der Waals surface area contributed by atoms with Crippen molar-refractivity contribution in [3.63, 3.8) is 0 Å². The summed E-state index contributed by atoms with van der Waals surface area (Å²) in [4.78, 5) is 0.148. The zero-order valence-corrected chi connectivity index (χ0v) is 15.0. The third-order valence-corrected chi connectivity index (χ3v) is 5.62. The Balaban J connectivity index is 2.27. The number of aromatic nitrogens is 2. The summed E-state index contributed by atoms with van der Waals surface area (Å²) in [5, 5.41) is 22.2. The zero-order valence-electron chi connectivity index (χ0n) is 14.2. The van der Waals surface area contributed by atoms with Crippen molar-refractivity contribution in [3.8, 4) is 5.69 Å². The second-order valence-electron chi connectivity index (χ2n) is 5.67. The number of rotatable bonds is 9. The lowest BCUT2D eigenvalue weighted by atomic mass is 10.3. The van der Waals surface area contributed by atoms with Crippen LogP contribution in [0.1, 0.15) is 18.5 Å². The van der Waals surface area contributed by atoms with Crippen LogP contribution in [0, 0.1) is 6.92 Å². The first-order valence-corrected chi connectivity index (χ1v) is 9.48. The highest BCUT2D eigenvalue weighted by atomic mass is 32.2. The molecule has 9 heteroatoms. The molecule has 4 N–H and O–H groups in total. The Morgan fingerprint density at radius 2 is 1.68 bits per heavy atom. The van der Waals surface area contributed by atoms with Gasteiger partial charge in [-0.15, -0.1) is 0 Å². The largest absolute Gasteiger partial charge is 0.396 e. The van der Waals surface area contributed by atoms with Crippen LogP contribution in [0.3, 0.4) is 0 Å². The fourth-order valence-electron chi connectivity index (χ4n) is 2.48. The Morgan fingerprint density at radius 1 is 1.12 bits per heavy atom. The molecule has 1 aromatic heterocycles. The van der Waals surface area contributed by atoms with Crippen molar-refractivity contribution in [1.82, 2.24) is 14.1 Å². The fraction of sp³-hybridized carbons (Fsp3) is 0.438. The van der Waals surface area contributed by atoms with Crippen molar-refractivity contribution >= 4 is 15.8 Å². The predicted octanol–water partition coefficient (Wildman–Crippen LogP) is 0.518. The molecule has 1 heterocycles. The highest BCUT2D eigenvalue weighted by Gasteiger charge is 2.23. The van der Waals surface area contributed by atoms with Gasteiger partial charge in [-0.25, -0.2) is 13.1 Å². The minimum atomic E-state index is -3.70. The first-order valence-electron chi connectivity index (χ1n) is 8.04. The Bertz CT molecular complexity index is 779. The monoisotopic (exact) mass is 368 g/mol. The molecule has 1 aromatic carbocycles. The molecule has 0 atom stereocenters. The third kappa shape index (κ3) is 4.57. The molecule has 0 aliphatic heterocycles. The van der Waals surface area contributed by atoms with Gasteiger partial charge in [-0.2, -0.15) is 9.40 Å². The van der Waals surface area contributed by atoms with Crippen LogP contribution in [-0.4, -0.2) is 59.0 Å². The summed E-state index contributed by atoms with van der Waals surface area (Å²) in [6.45, 7) is 2.04. The van der Waals surface area contributed by atoms with Gasteiger partial charge < -0.3 is 15.9 Å². The van der Waals surface area contributed by atoms with Crippen molar-refractivity contribution < 1.29 is 18.6 Å². The number of nitrogens with two attached hydrogens (primary N) is 1. The Morgan fingerprint density at radius 3 is 2.12 bits per heavy atom. The van der Waals surface area contributed by atoms with Crippen LogP contribution in [0.5, 0.6) is 0 Å².